The minimum Gasteiger partial charge on any atom is -0.508 e. The normalized spacial score (nSPS) is 12.4. The van der Waals surface area contributed by atoms with Crippen molar-refractivity contribution in [1.29, 1.82) is 0 Å². The Morgan fingerprint density at radius 1 is 0.941 bits per heavy atom. The molecule has 0 radical (unpaired) electrons. The third-order valence-corrected chi connectivity index (χ3v) is 4.59. The summed E-state index contributed by atoms with van der Waals surface area (Å²) >= 11 is 0. The Bertz CT molecular complexity index is 473. The van der Waals surface area contributed by atoms with Crippen LogP contribution >= 0.6 is 0 Å². The van der Waals surface area contributed by atoms with Crippen molar-refractivity contribution in [3.8, 4) is 5.75 Å². The molecule has 0 amide bonds. The van der Waals surface area contributed by atoms with Gasteiger partial charge in [0.2, 0.25) is 0 Å². The minimum absolute atomic E-state index is 0.190. The second-order valence-electron chi connectivity index (χ2n) is 4.26. The summed E-state index contributed by atoms with van der Waals surface area (Å²) in [5.41, 5.74) is 2.67. The highest BCUT2D eigenvalue weighted by Gasteiger charge is 2.15. The Kier molecular flexibility index (Phi) is 3.75. The Hall–Kier alpha value is -1.41. The molecule has 0 heterocycles. The highest BCUT2D eigenvalue weighted by atomic mass is 32.2. The SMILES string of the molecule is Cc1ccc(C[S+](C)c2ccc(O)cc2)cc1. The molecule has 2 aromatic carbocycles. The van der Waals surface area contributed by atoms with E-state index in [4.69, 9.17) is 0 Å². The van der Waals surface area contributed by atoms with Gasteiger partial charge in [0.05, 0.1) is 0 Å². The summed E-state index contributed by atoms with van der Waals surface area (Å²) in [6.45, 7) is 2.11. The summed E-state index contributed by atoms with van der Waals surface area (Å²) in [4.78, 5) is 1.29. The van der Waals surface area contributed by atoms with E-state index in [1.807, 2.05) is 12.1 Å². The maximum atomic E-state index is 9.26. The largest absolute Gasteiger partial charge is 0.508 e. The summed E-state index contributed by atoms with van der Waals surface area (Å²) in [6, 6.07) is 16.2. The highest BCUT2D eigenvalue weighted by molar-refractivity contribution is 7.95. The van der Waals surface area contributed by atoms with Gasteiger partial charge >= 0.3 is 0 Å². The smallest absolute Gasteiger partial charge is 0.155 e. The summed E-state index contributed by atoms with van der Waals surface area (Å²) < 4.78 is 0. The van der Waals surface area contributed by atoms with Crippen LogP contribution in [0.1, 0.15) is 11.1 Å². The van der Waals surface area contributed by atoms with E-state index in [2.05, 4.69) is 37.4 Å². The third kappa shape index (κ3) is 3.27. The molecule has 2 heteroatoms. The van der Waals surface area contributed by atoms with Crippen molar-refractivity contribution in [2.75, 3.05) is 6.26 Å². The number of aromatic hydroxyl groups is 1. The molecule has 0 aliphatic rings. The van der Waals surface area contributed by atoms with Crippen LogP contribution in [0.15, 0.2) is 53.4 Å². The molecule has 2 aromatic rings. The van der Waals surface area contributed by atoms with Gasteiger partial charge in [-0.2, -0.15) is 0 Å². The second kappa shape index (κ2) is 5.28. The van der Waals surface area contributed by atoms with Crippen molar-refractivity contribution in [2.45, 2.75) is 17.6 Å². The molecule has 1 unspecified atom stereocenters. The van der Waals surface area contributed by atoms with Crippen molar-refractivity contribution in [3.05, 3.63) is 59.7 Å². The first-order valence-electron chi connectivity index (χ1n) is 5.62. The van der Waals surface area contributed by atoms with Crippen LogP contribution in [-0.4, -0.2) is 11.4 Å². The zero-order valence-corrected chi connectivity index (χ0v) is 11.0. The maximum Gasteiger partial charge on any atom is 0.155 e. The lowest BCUT2D eigenvalue weighted by atomic mass is 10.2. The number of aryl methyl sites for hydroxylation is 1. The molecule has 1 N–H and O–H groups in total. The van der Waals surface area contributed by atoms with Gasteiger partial charge in [-0.25, -0.2) is 0 Å². The van der Waals surface area contributed by atoms with Gasteiger partial charge in [-0.3, -0.25) is 0 Å². The topological polar surface area (TPSA) is 20.2 Å². The Labute approximate surface area is 105 Å². The molecule has 0 aliphatic carbocycles. The molecule has 1 atom stereocenters. The second-order valence-corrected chi connectivity index (χ2v) is 6.30. The molecular weight excluding hydrogens is 228 g/mol. The summed E-state index contributed by atoms with van der Waals surface area (Å²) in [6.07, 6.45) is 2.24. The molecule has 0 saturated heterocycles. The van der Waals surface area contributed by atoms with E-state index >= 15 is 0 Å². The number of hydrogen-bond donors (Lipinski definition) is 1. The van der Waals surface area contributed by atoms with E-state index in [0.29, 0.717) is 5.75 Å². The fourth-order valence-corrected chi connectivity index (χ4v) is 3.16. The first kappa shape index (κ1) is 12.1. The van der Waals surface area contributed by atoms with Crippen LogP contribution in [-0.2, 0) is 16.6 Å². The first-order chi connectivity index (χ1) is 8.15. The van der Waals surface area contributed by atoms with Crippen LogP contribution in [0.25, 0.3) is 0 Å². The number of benzene rings is 2. The minimum atomic E-state index is 0.190. The standard InChI is InChI=1S/C15H16OS/c1-12-3-5-13(6-4-12)11-17(2)15-9-7-14(16)8-10-15/h3-10H,11H2,1-2H3/p+1. The summed E-state index contributed by atoms with van der Waals surface area (Å²) in [7, 11) is 0.190. The molecule has 2 rings (SSSR count). The zero-order valence-electron chi connectivity index (χ0n) is 10.2. The molecule has 17 heavy (non-hydrogen) atoms. The average molecular weight is 245 g/mol. The monoisotopic (exact) mass is 245 g/mol. The van der Waals surface area contributed by atoms with Crippen LogP contribution < -0.4 is 0 Å². The fourth-order valence-electron chi connectivity index (χ4n) is 1.70. The van der Waals surface area contributed by atoms with E-state index in [9.17, 15) is 5.11 Å². The lowest BCUT2D eigenvalue weighted by Crippen LogP contribution is -2.03. The van der Waals surface area contributed by atoms with E-state index < -0.39 is 0 Å². The molecule has 0 spiro atoms. The zero-order chi connectivity index (χ0) is 12.3. The Morgan fingerprint density at radius 2 is 1.53 bits per heavy atom. The van der Waals surface area contributed by atoms with Gasteiger partial charge in [0.25, 0.3) is 0 Å². The van der Waals surface area contributed by atoms with Gasteiger partial charge in [-0.1, -0.05) is 29.8 Å². The van der Waals surface area contributed by atoms with Crippen LogP contribution in [0.2, 0.25) is 0 Å². The van der Waals surface area contributed by atoms with Crippen LogP contribution in [0.5, 0.6) is 5.75 Å². The summed E-state index contributed by atoms with van der Waals surface area (Å²) in [5, 5.41) is 9.26. The molecular formula is C15H17OS+. The lowest BCUT2D eigenvalue weighted by molar-refractivity contribution is 0.475. The predicted molar refractivity (Wildman–Crippen MR) is 74.5 cm³/mol. The molecule has 1 nitrogen and oxygen atoms in total. The average Bonchev–Trinajstić information content (AvgIpc) is 2.33. The predicted octanol–water partition coefficient (Wildman–Crippen LogP) is 3.51. The van der Waals surface area contributed by atoms with Crippen molar-refractivity contribution in [3.63, 3.8) is 0 Å². The third-order valence-electron chi connectivity index (χ3n) is 2.74. The van der Waals surface area contributed by atoms with Gasteiger partial charge in [0.1, 0.15) is 17.8 Å². The number of hydrogen-bond acceptors (Lipinski definition) is 1. The number of phenolic OH excluding ortho intramolecular Hbond substituents is 1. The molecule has 0 bridgehead atoms. The van der Waals surface area contributed by atoms with Gasteiger partial charge < -0.3 is 5.11 Å². The van der Waals surface area contributed by atoms with Gasteiger partial charge in [0.15, 0.2) is 4.90 Å². The molecule has 0 aliphatic heterocycles. The Balaban J connectivity index is 2.08. The quantitative estimate of drug-likeness (QED) is 0.820. The number of phenols is 1. The van der Waals surface area contributed by atoms with Crippen LogP contribution in [0.3, 0.4) is 0 Å². The lowest BCUT2D eigenvalue weighted by Gasteiger charge is -2.04. The molecule has 88 valence electrons. The van der Waals surface area contributed by atoms with E-state index in [-0.39, 0.29) is 10.9 Å². The van der Waals surface area contributed by atoms with E-state index in [0.717, 1.165) is 5.75 Å². The maximum absolute atomic E-state index is 9.26. The van der Waals surface area contributed by atoms with Crippen molar-refractivity contribution in [1.82, 2.24) is 0 Å². The van der Waals surface area contributed by atoms with Crippen LogP contribution in [0.4, 0.5) is 0 Å². The van der Waals surface area contributed by atoms with E-state index in [1.165, 1.54) is 16.0 Å². The Morgan fingerprint density at radius 3 is 2.12 bits per heavy atom. The van der Waals surface area contributed by atoms with Crippen LogP contribution in [0, 0.1) is 6.92 Å². The van der Waals surface area contributed by atoms with Gasteiger partial charge in [-0.15, -0.1) is 0 Å². The highest BCUT2D eigenvalue weighted by Crippen LogP contribution is 2.19. The number of rotatable bonds is 3. The molecule has 0 aromatic heterocycles. The van der Waals surface area contributed by atoms with Crippen molar-refractivity contribution >= 4 is 10.9 Å². The van der Waals surface area contributed by atoms with Crippen molar-refractivity contribution in [2.24, 2.45) is 0 Å². The summed E-state index contributed by atoms with van der Waals surface area (Å²) in [5.74, 6) is 1.39. The van der Waals surface area contributed by atoms with Gasteiger partial charge in [0, 0.05) is 16.5 Å². The fraction of sp³-hybridized carbons (Fsp3) is 0.200. The van der Waals surface area contributed by atoms with Gasteiger partial charge in [-0.05, 0) is 31.2 Å². The molecule has 0 fully saturated rings. The van der Waals surface area contributed by atoms with Crippen molar-refractivity contribution < 1.29 is 5.11 Å². The molecule has 0 saturated carbocycles. The first-order valence-corrected chi connectivity index (χ1v) is 7.42. The van der Waals surface area contributed by atoms with E-state index in [1.54, 1.807) is 12.1 Å².